The van der Waals surface area contributed by atoms with E-state index in [1.165, 1.54) is 25.3 Å². The van der Waals surface area contributed by atoms with Crippen LogP contribution < -0.4 is 19.5 Å². The molecule has 0 unspecified atom stereocenters. The summed E-state index contributed by atoms with van der Waals surface area (Å²) < 4.78 is 39.0. The molecule has 0 atom stereocenters. The van der Waals surface area contributed by atoms with Gasteiger partial charge >= 0.3 is 0 Å². The molecular formula is C24H26N2O5S. The molecule has 0 heterocycles. The van der Waals surface area contributed by atoms with Gasteiger partial charge in [0.2, 0.25) is 0 Å². The van der Waals surface area contributed by atoms with Crippen LogP contribution in [0.5, 0.6) is 11.5 Å². The highest BCUT2D eigenvalue weighted by Gasteiger charge is 2.18. The van der Waals surface area contributed by atoms with Crippen LogP contribution in [-0.2, 0) is 10.0 Å². The number of hydrogen-bond acceptors (Lipinski definition) is 5. The van der Waals surface area contributed by atoms with Crippen LogP contribution in [0.15, 0.2) is 71.6 Å². The largest absolute Gasteiger partial charge is 0.495 e. The van der Waals surface area contributed by atoms with E-state index in [9.17, 15) is 13.2 Å². The van der Waals surface area contributed by atoms with Gasteiger partial charge in [-0.15, -0.1) is 0 Å². The first kappa shape index (κ1) is 23.1. The molecule has 0 saturated heterocycles. The number of aryl methyl sites for hydroxylation is 2. The zero-order chi connectivity index (χ0) is 23.1. The highest BCUT2D eigenvalue weighted by molar-refractivity contribution is 7.92. The van der Waals surface area contributed by atoms with E-state index in [4.69, 9.17) is 9.47 Å². The van der Waals surface area contributed by atoms with Crippen LogP contribution in [0.4, 0.5) is 5.69 Å². The third kappa shape index (κ3) is 6.01. The summed E-state index contributed by atoms with van der Waals surface area (Å²) in [4.78, 5) is 12.5. The fraction of sp³-hybridized carbons (Fsp3) is 0.208. The van der Waals surface area contributed by atoms with Crippen LogP contribution >= 0.6 is 0 Å². The number of amides is 1. The van der Waals surface area contributed by atoms with Crippen molar-refractivity contribution in [2.75, 3.05) is 25.0 Å². The average molecular weight is 455 g/mol. The topological polar surface area (TPSA) is 93.7 Å². The number of hydrogen-bond donors (Lipinski definition) is 2. The van der Waals surface area contributed by atoms with Crippen LogP contribution in [0.1, 0.15) is 21.5 Å². The van der Waals surface area contributed by atoms with Gasteiger partial charge in [-0.05, 0) is 67.4 Å². The first-order valence-electron chi connectivity index (χ1n) is 10.0. The molecule has 0 aliphatic heterocycles. The molecule has 0 saturated carbocycles. The van der Waals surface area contributed by atoms with Crippen LogP contribution in [0.3, 0.4) is 0 Å². The summed E-state index contributed by atoms with van der Waals surface area (Å²) >= 11 is 0. The maximum Gasteiger partial charge on any atom is 0.262 e. The van der Waals surface area contributed by atoms with E-state index in [2.05, 4.69) is 16.1 Å². The maximum absolute atomic E-state index is 12.8. The molecule has 0 radical (unpaired) electrons. The quantitative estimate of drug-likeness (QED) is 0.478. The van der Waals surface area contributed by atoms with E-state index in [1.807, 2.05) is 26.0 Å². The second kappa shape index (κ2) is 10.2. The molecule has 0 aliphatic carbocycles. The predicted molar refractivity (Wildman–Crippen MR) is 124 cm³/mol. The summed E-state index contributed by atoms with van der Waals surface area (Å²) in [6.45, 7) is 4.56. The van der Waals surface area contributed by atoms with Gasteiger partial charge in [-0.3, -0.25) is 9.52 Å². The van der Waals surface area contributed by atoms with Crippen molar-refractivity contribution in [3.05, 3.63) is 83.4 Å². The maximum atomic E-state index is 12.8. The SMILES string of the molecule is COc1ccccc1NS(=O)(=O)c1cccc(C(=O)NCCOc2cc(C)cc(C)c2)c1. The number of ether oxygens (including phenoxy) is 2. The normalized spacial score (nSPS) is 11.0. The van der Waals surface area contributed by atoms with E-state index in [0.29, 0.717) is 18.0 Å². The fourth-order valence-corrected chi connectivity index (χ4v) is 4.30. The van der Waals surface area contributed by atoms with Crippen molar-refractivity contribution in [1.29, 1.82) is 0 Å². The Hall–Kier alpha value is -3.52. The molecule has 0 aromatic heterocycles. The molecule has 7 nitrogen and oxygen atoms in total. The molecule has 0 aliphatic rings. The fourth-order valence-electron chi connectivity index (χ4n) is 3.19. The van der Waals surface area contributed by atoms with Crippen molar-refractivity contribution < 1.29 is 22.7 Å². The third-order valence-corrected chi connectivity index (χ3v) is 5.97. The number of methoxy groups -OCH3 is 1. The van der Waals surface area contributed by atoms with Crippen LogP contribution in [0.25, 0.3) is 0 Å². The Morgan fingerprint density at radius 3 is 2.38 bits per heavy atom. The van der Waals surface area contributed by atoms with Gasteiger partial charge in [0.1, 0.15) is 18.1 Å². The van der Waals surface area contributed by atoms with Gasteiger partial charge in [-0.25, -0.2) is 8.42 Å². The lowest BCUT2D eigenvalue weighted by Crippen LogP contribution is -2.28. The molecule has 3 aromatic carbocycles. The number of carbonyl (C=O) groups is 1. The second-order valence-corrected chi connectivity index (χ2v) is 8.94. The Morgan fingerprint density at radius 2 is 1.66 bits per heavy atom. The highest BCUT2D eigenvalue weighted by atomic mass is 32.2. The molecule has 0 fully saturated rings. The first-order valence-corrected chi connectivity index (χ1v) is 11.5. The number of carbonyl (C=O) groups excluding carboxylic acids is 1. The van der Waals surface area contributed by atoms with E-state index in [-0.39, 0.29) is 22.9 Å². The number of nitrogens with one attached hydrogen (secondary N) is 2. The Bertz CT molecular complexity index is 1190. The molecule has 3 aromatic rings. The van der Waals surface area contributed by atoms with Gasteiger partial charge in [-0.1, -0.05) is 24.3 Å². The van der Waals surface area contributed by atoms with Crippen LogP contribution in [0.2, 0.25) is 0 Å². The van der Waals surface area contributed by atoms with Crippen LogP contribution in [-0.4, -0.2) is 34.6 Å². The molecule has 2 N–H and O–H groups in total. The van der Waals surface area contributed by atoms with Gasteiger partial charge in [0.05, 0.1) is 24.2 Å². The van der Waals surface area contributed by atoms with E-state index >= 15 is 0 Å². The van der Waals surface area contributed by atoms with Crippen molar-refractivity contribution in [3.63, 3.8) is 0 Å². The Balaban J connectivity index is 1.62. The third-order valence-electron chi connectivity index (χ3n) is 4.61. The minimum atomic E-state index is -3.91. The number of para-hydroxylation sites is 2. The Morgan fingerprint density at radius 1 is 0.938 bits per heavy atom. The van der Waals surface area contributed by atoms with Crippen molar-refractivity contribution in [1.82, 2.24) is 5.32 Å². The van der Waals surface area contributed by atoms with Gasteiger partial charge in [-0.2, -0.15) is 0 Å². The minimum Gasteiger partial charge on any atom is -0.495 e. The predicted octanol–water partition coefficient (Wildman–Crippen LogP) is 3.92. The standard InChI is InChI=1S/C24H26N2O5S/c1-17-13-18(2)15-20(14-17)31-12-11-25-24(27)19-7-6-8-21(16-19)32(28,29)26-22-9-4-5-10-23(22)30-3/h4-10,13-16,26H,11-12H2,1-3H3,(H,25,27). The van der Waals surface area contributed by atoms with E-state index in [0.717, 1.165) is 16.9 Å². The highest BCUT2D eigenvalue weighted by Crippen LogP contribution is 2.26. The number of benzene rings is 3. The molecular weight excluding hydrogens is 428 g/mol. The minimum absolute atomic E-state index is 0.0254. The second-order valence-electron chi connectivity index (χ2n) is 7.26. The van der Waals surface area contributed by atoms with Gasteiger partial charge in [0.15, 0.2) is 0 Å². The van der Waals surface area contributed by atoms with Crippen molar-refractivity contribution in [2.45, 2.75) is 18.7 Å². The van der Waals surface area contributed by atoms with Gasteiger partial charge in [0.25, 0.3) is 15.9 Å². The zero-order valence-corrected chi connectivity index (χ0v) is 19.0. The van der Waals surface area contributed by atoms with E-state index in [1.54, 1.807) is 30.3 Å². The van der Waals surface area contributed by atoms with Gasteiger partial charge < -0.3 is 14.8 Å². The Labute approximate surface area is 188 Å². The summed E-state index contributed by atoms with van der Waals surface area (Å²) in [6.07, 6.45) is 0. The van der Waals surface area contributed by atoms with Crippen molar-refractivity contribution >= 4 is 21.6 Å². The number of rotatable bonds is 9. The lowest BCUT2D eigenvalue weighted by molar-refractivity contribution is 0.0946. The van der Waals surface area contributed by atoms with Gasteiger partial charge in [0, 0.05) is 5.56 Å². The smallest absolute Gasteiger partial charge is 0.262 e. The average Bonchev–Trinajstić information content (AvgIpc) is 2.76. The number of sulfonamides is 1. The van der Waals surface area contributed by atoms with Crippen LogP contribution in [0, 0.1) is 13.8 Å². The molecule has 0 spiro atoms. The number of anilines is 1. The molecule has 3 rings (SSSR count). The monoisotopic (exact) mass is 454 g/mol. The zero-order valence-electron chi connectivity index (χ0n) is 18.2. The summed E-state index contributed by atoms with van der Waals surface area (Å²) in [5, 5.41) is 2.75. The lowest BCUT2D eigenvalue weighted by Gasteiger charge is -2.12. The summed E-state index contributed by atoms with van der Waals surface area (Å²) in [6, 6.07) is 18.4. The lowest BCUT2D eigenvalue weighted by atomic mass is 10.1. The molecule has 8 heteroatoms. The molecule has 32 heavy (non-hydrogen) atoms. The molecule has 168 valence electrons. The summed E-state index contributed by atoms with van der Waals surface area (Å²) in [7, 11) is -2.45. The van der Waals surface area contributed by atoms with E-state index < -0.39 is 10.0 Å². The van der Waals surface area contributed by atoms with Crippen molar-refractivity contribution in [3.8, 4) is 11.5 Å². The van der Waals surface area contributed by atoms with Crippen molar-refractivity contribution in [2.24, 2.45) is 0 Å². The Kier molecular flexibility index (Phi) is 7.37. The molecule has 1 amide bonds. The first-order chi connectivity index (χ1) is 15.3. The summed E-state index contributed by atoms with van der Waals surface area (Å²) in [5.41, 5.74) is 2.75. The molecule has 0 bridgehead atoms. The summed E-state index contributed by atoms with van der Waals surface area (Å²) in [5.74, 6) is 0.754.